The van der Waals surface area contributed by atoms with E-state index in [1.807, 2.05) is 35.2 Å². The first-order valence-electron chi connectivity index (χ1n) is 18.3. The summed E-state index contributed by atoms with van der Waals surface area (Å²) in [6, 6.07) is 15.1. The van der Waals surface area contributed by atoms with Crippen LogP contribution in [-0.4, -0.2) is 75.8 Å². The van der Waals surface area contributed by atoms with Crippen LogP contribution in [-0.2, 0) is 20.2 Å². The molecule has 53 heavy (non-hydrogen) atoms. The fraction of sp³-hybridized carbons (Fsp3) is 0.400. The highest BCUT2D eigenvalue weighted by Gasteiger charge is 2.52. The summed E-state index contributed by atoms with van der Waals surface area (Å²) in [5.74, 6) is -1.72. The number of aromatic nitrogens is 4. The molecule has 3 fully saturated rings. The molecule has 274 valence electrons. The number of fused-ring (bicyclic) bond motifs is 6. The number of nitrogens with zero attached hydrogens (tertiary/aromatic N) is 3. The molecule has 1 saturated carbocycles. The Bertz CT molecular complexity index is 2240. The Hall–Kier alpha value is -5.14. The standard InChI is InChI=1S/C40H41F2N7O4/c1-20(52-2)34(48-39(51)53-3)38(50)49-25-10-6-24(15-25)35(49)37-45-30-13-9-22(18-32(30)46-37)21-7-11-26-27-12-8-23(17-29(27)40(41,42)28(26)16-21)33-19-44-36(47-33)31-5-4-14-43-31/h7-9,11-13,16-20,24-25,31,34-35,43H,4-6,10,14-15H2,1-3H3,(H,44,47)(H,45,46)(H,48,51)/t20-,24?,25-,31+,34?,35+/m1/s1. The van der Waals surface area contributed by atoms with Crippen LogP contribution >= 0.6 is 0 Å². The van der Waals surface area contributed by atoms with E-state index in [0.717, 1.165) is 61.2 Å². The average Bonchev–Trinajstić information content (AvgIpc) is 4.03. The number of piperidine rings is 1. The van der Waals surface area contributed by atoms with E-state index in [9.17, 15) is 9.59 Å². The molecular formula is C40H41F2N7O4. The first-order chi connectivity index (χ1) is 25.6. The van der Waals surface area contributed by atoms with Gasteiger partial charge in [-0.15, -0.1) is 0 Å². The number of carbonyl (C=O) groups excluding carboxylic acids is 2. The number of imidazole rings is 2. The molecule has 0 radical (unpaired) electrons. The molecule has 0 spiro atoms. The van der Waals surface area contributed by atoms with E-state index < -0.39 is 24.2 Å². The zero-order valence-corrected chi connectivity index (χ0v) is 29.7. The largest absolute Gasteiger partial charge is 0.453 e. The van der Waals surface area contributed by atoms with Crippen molar-refractivity contribution in [1.82, 2.24) is 35.5 Å². The molecule has 2 aliphatic heterocycles. The average molecular weight is 722 g/mol. The Morgan fingerprint density at radius 1 is 0.943 bits per heavy atom. The number of benzene rings is 3. The minimum absolute atomic E-state index is 0.0140. The highest BCUT2D eigenvalue weighted by atomic mass is 19.3. The van der Waals surface area contributed by atoms with Gasteiger partial charge in [0, 0.05) is 29.8 Å². The Morgan fingerprint density at radius 3 is 2.42 bits per heavy atom. The number of methoxy groups -OCH3 is 2. The molecule has 5 aromatic rings. The van der Waals surface area contributed by atoms with Gasteiger partial charge in [-0.3, -0.25) is 4.79 Å². The number of aromatic amines is 2. The van der Waals surface area contributed by atoms with Crippen LogP contribution < -0.4 is 10.6 Å². The van der Waals surface area contributed by atoms with E-state index in [-0.39, 0.29) is 41.1 Å². The molecule has 2 amide bonds. The third kappa shape index (κ3) is 5.51. The Labute approximate surface area is 304 Å². The normalized spacial score (nSPS) is 23.6. The zero-order chi connectivity index (χ0) is 36.6. The fourth-order valence-corrected chi connectivity index (χ4v) is 9.02. The molecule has 3 aromatic carbocycles. The number of likely N-dealkylation sites (tertiary alicyclic amines) is 1. The van der Waals surface area contributed by atoms with Gasteiger partial charge in [0.1, 0.15) is 17.7 Å². The molecule has 13 heteroatoms. The number of hydrogen-bond acceptors (Lipinski definition) is 7. The molecule has 2 aliphatic carbocycles. The van der Waals surface area contributed by atoms with Gasteiger partial charge in [-0.25, -0.2) is 14.8 Å². The van der Waals surface area contributed by atoms with Gasteiger partial charge in [-0.2, -0.15) is 8.78 Å². The van der Waals surface area contributed by atoms with Gasteiger partial charge in [0.05, 0.1) is 48.2 Å². The summed E-state index contributed by atoms with van der Waals surface area (Å²) < 4.78 is 42.8. The van der Waals surface area contributed by atoms with Gasteiger partial charge in [0.25, 0.3) is 5.92 Å². The molecule has 11 nitrogen and oxygen atoms in total. The Morgan fingerprint density at radius 2 is 1.68 bits per heavy atom. The van der Waals surface area contributed by atoms with Crippen LogP contribution in [0.5, 0.6) is 0 Å². The smallest absolute Gasteiger partial charge is 0.407 e. The lowest BCUT2D eigenvalue weighted by atomic mass is 9.97. The number of nitrogens with one attached hydrogen (secondary N) is 4. The summed E-state index contributed by atoms with van der Waals surface area (Å²) in [4.78, 5) is 44.4. The lowest BCUT2D eigenvalue weighted by Gasteiger charge is -2.37. The lowest BCUT2D eigenvalue weighted by molar-refractivity contribution is -0.141. The van der Waals surface area contributed by atoms with Crippen molar-refractivity contribution in [3.05, 3.63) is 83.6 Å². The highest BCUT2D eigenvalue weighted by Crippen LogP contribution is 2.53. The number of H-pyrrole nitrogens is 2. The quantitative estimate of drug-likeness (QED) is 0.136. The number of rotatable bonds is 8. The second kappa shape index (κ2) is 12.8. The molecule has 4 aliphatic rings. The van der Waals surface area contributed by atoms with Crippen LogP contribution in [0.4, 0.5) is 13.6 Å². The summed E-state index contributed by atoms with van der Waals surface area (Å²) in [5.41, 5.74) is 5.30. The number of alkyl carbamates (subject to hydrolysis) is 1. The van der Waals surface area contributed by atoms with Crippen LogP contribution in [0.25, 0.3) is 44.5 Å². The maximum absolute atomic E-state index is 16.3. The minimum Gasteiger partial charge on any atom is -0.453 e. The number of amides is 2. The van der Waals surface area contributed by atoms with Crippen molar-refractivity contribution in [3.63, 3.8) is 0 Å². The maximum atomic E-state index is 16.3. The Kier molecular flexibility index (Phi) is 8.11. The van der Waals surface area contributed by atoms with E-state index in [1.54, 1.807) is 37.4 Å². The van der Waals surface area contributed by atoms with Crippen LogP contribution in [0.15, 0.2) is 60.8 Å². The second-order valence-corrected chi connectivity index (χ2v) is 14.8. The molecule has 2 bridgehead atoms. The maximum Gasteiger partial charge on any atom is 0.407 e. The third-order valence-electron chi connectivity index (χ3n) is 11.8. The van der Waals surface area contributed by atoms with E-state index in [1.165, 1.54) is 14.2 Å². The summed E-state index contributed by atoms with van der Waals surface area (Å²) in [5, 5.41) is 6.08. The SMILES string of the molecule is COC(=O)NC(C(=O)N1[C@@H]2CCC(C2)[C@H]1c1nc2ccc(-c3ccc4c(c3)C(F)(F)c3cc(-c5cnc([C@@H]6CCCN6)[nH]5)ccc3-4)cc2[nH]1)[C@@H](C)OC. The van der Waals surface area contributed by atoms with E-state index in [4.69, 9.17) is 14.5 Å². The van der Waals surface area contributed by atoms with Crippen molar-refractivity contribution in [2.24, 2.45) is 5.92 Å². The van der Waals surface area contributed by atoms with Crippen LogP contribution in [0, 0.1) is 5.92 Å². The molecular weight excluding hydrogens is 680 g/mol. The van der Waals surface area contributed by atoms with Crippen molar-refractivity contribution >= 4 is 23.0 Å². The topological polar surface area (TPSA) is 137 Å². The zero-order valence-electron chi connectivity index (χ0n) is 29.7. The Balaban J connectivity index is 0.998. The van der Waals surface area contributed by atoms with Gasteiger partial charge in [0.2, 0.25) is 5.91 Å². The summed E-state index contributed by atoms with van der Waals surface area (Å²) in [6.07, 6.45) is 5.19. The first-order valence-corrected chi connectivity index (χ1v) is 18.3. The molecule has 4 heterocycles. The molecule has 2 unspecified atom stereocenters. The molecule has 2 saturated heterocycles. The number of halogens is 2. The number of alkyl halides is 2. The van der Waals surface area contributed by atoms with Gasteiger partial charge in [0.15, 0.2) is 0 Å². The molecule has 4 N–H and O–H groups in total. The second-order valence-electron chi connectivity index (χ2n) is 14.8. The van der Waals surface area contributed by atoms with Crippen LogP contribution in [0.2, 0.25) is 0 Å². The van der Waals surface area contributed by atoms with E-state index in [2.05, 4.69) is 25.6 Å². The van der Waals surface area contributed by atoms with Gasteiger partial charge >= 0.3 is 6.09 Å². The predicted molar refractivity (Wildman–Crippen MR) is 194 cm³/mol. The van der Waals surface area contributed by atoms with Crippen LogP contribution in [0.3, 0.4) is 0 Å². The van der Waals surface area contributed by atoms with E-state index >= 15 is 8.78 Å². The highest BCUT2D eigenvalue weighted by molar-refractivity contribution is 5.89. The predicted octanol–water partition coefficient (Wildman–Crippen LogP) is 6.98. The number of carbonyl (C=O) groups is 2. The first kappa shape index (κ1) is 33.7. The van der Waals surface area contributed by atoms with Crippen molar-refractivity contribution < 1.29 is 27.8 Å². The summed E-state index contributed by atoms with van der Waals surface area (Å²) in [7, 11) is 2.75. The number of hydrogen-bond donors (Lipinski definition) is 4. The van der Waals surface area contributed by atoms with E-state index in [0.29, 0.717) is 33.6 Å². The van der Waals surface area contributed by atoms with Crippen molar-refractivity contribution in [3.8, 4) is 33.5 Å². The van der Waals surface area contributed by atoms with Crippen molar-refractivity contribution in [2.45, 2.75) is 75.2 Å². The fourth-order valence-electron chi connectivity index (χ4n) is 9.02. The van der Waals surface area contributed by atoms with Crippen molar-refractivity contribution in [2.75, 3.05) is 20.8 Å². The number of ether oxygens (including phenoxy) is 2. The molecule has 6 atom stereocenters. The molecule has 2 aromatic heterocycles. The molecule has 9 rings (SSSR count). The monoisotopic (exact) mass is 721 g/mol. The summed E-state index contributed by atoms with van der Waals surface area (Å²) >= 11 is 0. The summed E-state index contributed by atoms with van der Waals surface area (Å²) in [6.45, 7) is 2.68. The minimum atomic E-state index is -3.18. The van der Waals surface area contributed by atoms with Gasteiger partial charge in [-0.1, -0.05) is 30.3 Å². The van der Waals surface area contributed by atoms with Gasteiger partial charge < -0.3 is 35.0 Å². The van der Waals surface area contributed by atoms with Crippen molar-refractivity contribution in [1.29, 1.82) is 0 Å². The third-order valence-corrected chi connectivity index (χ3v) is 11.8. The van der Waals surface area contributed by atoms with Gasteiger partial charge in [-0.05, 0) is 98.0 Å². The lowest BCUT2D eigenvalue weighted by Crippen LogP contribution is -2.56. The van der Waals surface area contributed by atoms with Crippen LogP contribution in [0.1, 0.15) is 73.9 Å².